The largest absolute Gasteiger partial charge is 0.497 e. The number of rotatable bonds is 5. The van der Waals surface area contributed by atoms with E-state index >= 15 is 0 Å². The van der Waals surface area contributed by atoms with E-state index in [0.29, 0.717) is 12.2 Å². The first-order valence-electron chi connectivity index (χ1n) is 4.56. The average molecular weight is 210 g/mol. The summed E-state index contributed by atoms with van der Waals surface area (Å²) in [5, 5.41) is 8.80. The number of carboxylic acid groups (broad SMARTS) is 1. The third kappa shape index (κ3) is 3.25. The van der Waals surface area contributed by atoms with Gasteiger partial charge in [-0.15, -0.1) is 0 Å². The van der Waals surface area contributed by atoms with E-state index in [1.807, 2.05) is 18.2 Å². The maximum atomic E-state index is 10.7. The van der Waals surface area contributed by atoms with Crippen LogP contribution in [0.2, 0.25) is 0 Å². The lowest BCUT2D eigenvalue weighted by Crippen LogP contribution is -2.24. The highest BCUT2D eigenvalue weighted by Gasteiger charge is 2.16. The van der Waals surface area contributed by atoms with Gasteiger partial charge in [0.1, 0.15) is 5.75 Å². The highest BCUT2D eigenvalue weighted by molar-refractivity contribution is 5.72. The highest BCUT2D eigenvalue weighted by atomic mass is 16.5. The summed E-state index contributed by atoms with van der Waals surface area (Å²) >= 11 is 0. The first kappa shape index (κ1) is 11.5. The molecule has 0 aliphatic rings. The standard InChI is InChI=1S/C11H14O4/c1-14-9-5-3-4-8(6-9)7-10(15-2)11(12)13/h3-6,10H,7H2,1-2H3,(H,12,13). The van der Waals surface area contributed by atoms with Gasteiger partial charge >= 0.3 is 5.97 Å². The van der Waals surface area contributed by atoms with Crippen LogP contribution in [0.1, 0.15) is 5.56 Å². The zero-order valence-electron chi connectivity index (χ0n) is 8.77. The van der Waals surface area contributed by atoms with Crippen molar-refractivity contribution < 1.29 is 19.4 Å². The molecule has 1 aromatic rings. The van der Waals surface area contributed by atoms with Gasteiger partial charge in [0.15, 0.2) is 6.10 Å². The van der Waals surface area contributed by atoms with E-state index in [4.69, 9.17) is 14.6 Å². The normalized spacial score (nSPS) is 12.1. The molecule has 4 heteroatoms. The van der Waals surface area contributed by atoms with Gasteiger partial charge in [-0.05, 0) is 17.7 Å². The summed E-state index contributed by atoms with van der Waals surface area (Å²) in [5.74, 6) is -0.243. The summed E-state index contributed by atoms with van der Waals surface area (Å²) in [7, 11) is 2.96. The second-order valence-electron chi connectivity index (χ2n) is 3.12. The van der Waals surface area contributed by atoms with E-state index in [1.54, 1.807) is 13.2 Å². The fraction of sp³-hybridized carbons (Fsp3) is 0.364. The van der Waals surface area contributed by atoms with Crippen molar-refractivity contribution in [3.8, 4) is 5.75 Å². The summed E-state index contributed by atoms with van der Waals surface area (Å²) in [6.07, 6.45) is -0.472. The molecule has 1 aromatic carbocycles. The summed E-state index contributed by atoms with van der Waals surface area (Å²) in [5.41, 5.74) is 0.878. The predicted octanol–water partition coefficient (Wildman–Crippen LogP) is 1.34. The Morgan fingerprint density at radius 3 is 2.73 bits per heavy atom. The molecule has 0 aliphatic heterocycles. The molecule has 1 N–H and O–H groups in total. The summed E-state index contributed by atoms with van der Waals surface area (Å²) in [6, 6.07) is 7.28. The number of methoxy groups -OCH3 is 2. The molecule has 0 saturated carbocycles. The van der Waals surface area contributed by atoms with E-state index < -0.39 is 12.1 Å². The third-order valence-corrected chi connectivity index (χ3v) is 2.12. The first-order chi connectivity index (χ1) is 7.17. The Morgan fingerprint density at radius 1 is 1.47 bits per heavy atom. The van der Waals surface area contributed by atoms with Gasteiger partial charge < -0.3 is 14.6 Å². The van der Waals surface area contributed by atoms with Gasteiger partial charge in [-0.2, -0.15) is 0 Å². The molecular formula is C11H14O4. The molecular weight excluding hydrogens is 196 g/mol. The second-order valence-corrected chi connectivity index (χ2v) is 3.12. The van der Waals surface area contributed by atoms with E-state index in [2.05, 4.69) is 0 Å². The Kier molecular flexibility index (Phi) is 4.12. The van der Waals surface area contributed by atoms with Gasteiger partial charge in [-0.1, -0.05) is 12.1 Å². The summed E-state index contributed by atoms with van der Waals surface area (Å²) in [6.45, 7) is 0. The van der Waals surface area contributed by atoms with Crippen LogP contribution in [0.15, 0.2) is 24.3 Å². The van der Waals surface area contributed by atoms with Gasteiger partial charge in [0.05, 0.1) is 7.11 Å². The van der Waals surface area contributed by atoms with Gasteiger partial charge in [-0.3, -0.25) is 0 Å². The number of carboxylic acids is 1. The van der Waals surface area contributed by atoms with Gasteiger partial charge in [0.2, 0.25) is 0 Å². The Bertz CT molecular complexity index is 335. The van der Waals surface area contributed by atoms with E-state index in [-0.39, 0.29) is 0 Å². The number of ether oxygens (including phenoxy) is 2. The minimum absolute atomic E-state index is 0.336. The topological polar surface area (TPSA) is 55.8 Å². The monoisotopic (exact) mass is 210 g/mol. The molecule has 0 radical (unpaired) electrons. The van der Waals surface area contributed by atoms with Gasteiger partial charge in [0, 0.05) is 13.5 Å². The highest BCUT2D eigenvalue weighted by Crippen LogP contribution is 2.14. The Morgan fingerprint density at radius 2 is 2.20 bits per heavy atom. The number of carbonyl (C=O) groups is 1. The van der Waals surface area contributed by atoms with Crippen LogP contribution in [0.5, 0.6) is 5.75 Å². The molecule has 1 rings (SSSR count). The maximum Gasteiger partial charge on any atom is 0.333 e. The van der Waals surface area contributed by atoms with Crippen molar-refractivity contribution in [2.24, 2.45) is 0 Å². The Labute approximate surface area is 88.4 Å². The Hall–Kier alpha value is -1.55. The smallest absolute Gasteiger partial charge is 0.333 e. The number of hydrogen-bond donors (Lipinski definition) is 1. The van der Waals surface area contributed by atoms with Crippen LogP contribution in [0.25, 0.3) is 0 Å². The molecule has 0 aliphatic carbocycles. The molecule has 0 fully saturated rings. The Balaban J connectivity index is 2.74. The predicted molar refractivity (Wildman–Crippen MR) is 55.1 cm³/mol. The van der Waals surface area contributed by atoms with Crippen molar-refractivity contribution in [2.45, 2.75) is 12.5 Å². The van der Waals surface area contributed by atoms with Crippen molar-refractivity contribution in [2.75, 3.05) is 14.2 Å². The van der Waals surface area contributed by atoms with Crippen molar-refractivity contribution in [3.05, 3.63) is 29.8 Å². The lowest BCUT2D eigenvalue weighted by molar-refractivity contribution is -0.148. The molecule has 1 unspecified atom stereocenters. The van der Waals surface area contributed by atoms with E-state index in [0.717, 1.165) is 5.56 Å². The van der Waals surface area contributed by atoms with E-state index in [1.165, 1.54) is 7.11 Å². The molecule has 0 heterocycles. The second kappa shape index (κ2) is 5.36. The molecule has 1 atom stereocenters. The molecule has 0 amide bonds. The lowest BCUT2D eigenvalue weighted by atomic mass is 10.1. The zero-order valence-corrected chi connectivity index (χ0v) is 8.77. The molecule has 0 aromatic heterocycles. The lowest BCUT2D eigenvalue weighted by Gasteiger charge is -2.10. The van der Waals surface area contributed by atoms with Crippen LogP contribution >= 0.6 is 0 Å². The van der Waals surface area contributed by atoms with Crippen LogP contribution in [0.4, 0.5) is 0 Å². The van der Waals surface area contributed by atoms with Crippen LogP contribution < -0.4 is 4.74 Å². The minimum Gasteiger partial charge on any atom is -0.497 e. The average Bonchev–Trinajstić information content (AvgIpc) is 2.25. The molecule has 15 heavy (non-hydrogen) atoms. The number of aliphatic carboxylic acids is 1. The molecule has 0 bridgehead atoms. The summed E-state index contributed by atoms with van der Waals surface area (Å²) in [4.78, 5) is 10.7. The van der Waals surface area contributed by atoms with Crippen molar-refractivity contribution in [1.82, 2.24) is 0 Å². The molecule has 0 spiro atoms. The first-order valence-corrected chi connectivity index (χ1v) is 4.56. The zero-order chi connectivity index (χ0) is 11.3. The fourth-order valence-electron chi connectivity index (χ4n) is 1.28. The maximum absolute atomic E-state index is 10.7. The van der Waals surface area contributed by atoms with Crippen LogP contribution in [0, 0.1) is 0 Å². The van der Waals surface area contributed by atoms with Crippen LogP contribution in [-0.2, 0) is 16.0 Å². The van der Waals surface area contributed by atoms with Crippen molar-refractivity contribution in [1.29, 1.82) is 0 Å². The van der Waals surface area contributed by atoms with E-state index in [9.17, 15) is 4.79 Å². The van der Waals surface area contributed by atoms with Gasteiger partial charge in [-0.25, -0.2) is 4.79 Å². The third-order valence-electron chi connectivity index (χ3n) is 2.12. The molecule has 4 nitrogen and oxygen atoms in total. The fourth-order valence-corrected chi connectivity index (χ4v) is 1.28. The number of benzene rings is 1. The summed E-state index contributed by atoms with van der Waals surface area (Å²) < 4.78 is 9.89. The number of hydrogen-bond acceptors (Lipinski definition) is 3. The van der Waals surface area contributed by atoms with Gasteiger partial charge in [0.25, 0.3) is 0 Å². The molecule has 82 valence electrons. The van der Waals surface area contributed by atoms with Crippen molar-refractivity contribution >= 4 is 5.97 Å². The van der Waals surface area contributed by atoms with Crippen LogP contribution in [-0.4, -0.2) is 31.4 Å². The minimum atomic E-state index is -0.958. The quantitative estimate of drug-likeness (QED) is 0.796. The van der Waals surface area contributed by atoms with Crippen LogP contribution in [0.3, 0.4) is 0 Å². The molecule has 0 saturated heterocycles. The SMILES string of the molecule is COc1cccc(CC(OC)C(=O)O)c1. The van der Waals surface area contributed by atoms with Crippen molar-refractivity contribution in [3.63, 3.8) is 0 Å².